The Morgan fingerprint density at radius 1 is 1.28 bits per heavy atom. The molecule has 0 radical (unpaired) electrons. The van der Waals surface area contributed by atoms with Gasteiger partial charge in [0, 0.05) is 17.8 Å². The number of hydrogen-bond donors (Lipinski definition) is 2. The summed E-state index contributed by atoms with van der Waals surface area (Å²) in [4.78, 5) is 15.0. The van der Waals surface area contributed by atoms with Gasteiger partial charge >= 0.3 is 0 Å². The van der Waals surface area contributed by atoms with Crippen LogP contribution < -0.4 is 5.32 Å². The third-order valence-corrected chi connectivity index (χ3v) is 5.76. The van der Waals surface area contributed by atoms with E-state index in [1.807, 2.05) is 32.9 Å². The Balaban J connectivity index is 1.44. The predicted octanol–water partition coefficient (Wildman–Crippen LogP) is 3.43. The largest absolute Gasteiger partial charge is 0.378 e. The van der Waals surface area contributed by atoms with Crippen LogP contribution in [0.1, 0.15) is 41.5 Å². The van der Waals surface area contributed by atoms with Gasteiger partial charge in [-0.05, 0) is 43.2 Å². The van der Waals surface area contributed by atoms with Crippen LogP contribution in [0, 0.1) is 13.8 Å². The number of aromatic nitrogens is 2. The van der Waals surface area contributed by atoms with Crippen molar-refractivity contribution in [2.24, 2.45) is 0 Å². The topological polar surface area (TPSA) is 70.2 Å². The molecular weight excluding hydrogens is 364 g/mol. The van der Waals surface area contributed by atoms with Crippen LogP contribution in [-0.4, -0.2) is 47.3 Å². The average molecular weight is 393 g/mol. The molecule has 1 aromatic heterocycles. The number of benzene rings is 2. The van der Waals surface area contributed by atoms with Gasteiger partial charge in [0.2, 0.25) is 5.91 Å². The van der Waals surface area contributed by atoms with Gasteiger partial charge in [-0.2, -0.15) is 5.10 Å². The monoisotopic (exact) mass is 392 g/mol. The Bertz CT molecular complexity index is 994. The molecule has 0 spiro atoms. The number of aryl methyl sites for hydroxylation is 2. The summed E-state index contributed by atoms with van der Waals surface area (Å²) in [6.45, 7) is 8.33. The lowest BCUT2D eigenvalue weighted by Gasteiger charge is -2.35. The number of amides is 1. The number of aromatic amines is 1. The van der Waals surface area contributed by atoms with Crippen molar-refractivity contribution in [2.75, 3.05) is 26.3 Å². The number of carbonyl (C=O) groups excluding carboxylic acids is 1. The van der Waals surface area contributed by atoms with Gasteiger partial charge in [-0.15, -0.1) is 0 Å². The smallest absolute Gasteiger partial charge is 0.234 e. The number of morpholine rings is 1. The first-order valence-corrected chi connectivity index (χ1v) is 10.1. The van der Waals surface area contributed by atoms with Gasteiger partial charge in [-0.25, -0.2) is 0 Å². The Labute approximate surface area is 171 Å². The van der Waals surface area contributed by atoms with Crippen LogP contribution in [0.5, 0.6) is 0 Å². The maximum Gasteiger partial charge on any atom is 0.234 e. The van der Waals surface area contributed by atoms with E-state index in [4.69, 9.17) is 4.74 Å². The van der Waals surface area contributed by atoms with Gasteiger partial charge in [0.25, 0.3) is 0 Å². The first-order valence-electron chi connectivity index (χ1n) is 10.1. The molecule has 1 aliphatic rings. The summed E-state index contributed by atoms with van der Waals surface area (Å²) < 4.78 is 5.70. The number of ether oxygens (including phenoxy) is 1. The zero-order valence-electron chi connectivity index (χ0n) is 17.2. The van der Waals surface area contributed by atoms with E-state index < -0.39 is 0 Å². The quantitative estimate of drug-likeness (QED) is 0.698. The highest BCUT2D eigenvalue weighted by Crippen LogP contribution is 2.28. The number of rotatable bonds is 5. The first-order chi connectivity index (χ1) is 14.0. The van der Waals surface area contributed by atoms with Gasteiger partial charge in [-0.1, -0.05) is 36.4 Å². The van der Waals surface area contributed by atoms with Crippen LogP contribution in [0.4, 0.5) is 0 Å². The number of carbonyl (C=O) groups is 1. The maximum atomic E-state index is 12.8. The molecule has 3 aromatic rings. The molecule has 4 rings (SSSR count). The SMILES string of the molecule is Cc1n[nH]c(C)c1[C@@H]1COCCN1CC(=O)N[C@@H](C)c1ccc2ccccc2c1. The van der Waals surface area contributed by atoms with Crippen molar-refractivity contribution in [3.63, 3.8) is 0 Å². The molecule has 1 fully saturated rings. The molecule has 1 saturated heterocycles. The molecule has 29 heavy (non-hydrogen) atoms. The third kappa shape index (κ3) is 4.18. The van der Waals surface area contributed by atoms with Crippen molar-refractivity contribution in [1.29, 1.82) is 0 Å². The molecule has 152 valence electrons. The van der Waals surface area contributed by atoms with Crippen LogP contribution in [0.3, 0.4) is 0 Å². The molecule has 1 amide bonds. The summed E-state index contributed by atoms with van der Waals surface area (Å²) in [5.41, 5.74) is 4.25. The Hall–Kier alpha value is -2.70. The minimum Gasteiger partial charge on any atom is -0.378 e. The summed E-state index contributed by atoms with van der Waals surface area (Å²) in [6.07, 6.45) is 0. The minimum atomic E-state index is -0.0519. The van der Waals surface area contributed by atoms with Crippen molar-refractivity contribution in [1.82, 2.24) is 20.4 Å². The highest BCUT2D eigenvalue weighted by molar-refractivity contribution is 5.83. The van der Waals surface area contributed by atoms with Crippen LogP contribution in [0.2, 0.25) is 0 Å². The summed E-state index contributed by atoms with van der Waals surface area (Å²) in [6, 6.07) is 14.6. The van der Waals surface area contributed by atoms with E-state index in [1.54, 1.807) is 0 Å². The molecule has 2 aromatic carbocycles. The molecule has 6 nitrogen and oxygen atoms in total. The summed E-state index contributed by atoms with van der Waals surface area (Å²) in [5, 5.41) is 12.9. The number of fused-ring (bicyclic) bond motifs is 1. The van der Waals surface area contributed by atoms with E-state index in [0.29, 0.717) is 19.8 Å². The third-order valence-electron chi connectivity index (χ3n) is 5.76. The van der Waals surface area contributed by atoms with Gasteiger partial charge in [0.1, 0.15) is 0 Å². The van der Waals surface area contributed by atoms with Crippen LogP contribution in [0.25, 0.3) is 10.8 Å². The number of H-pyrrole nitrogens is 1. The number of hydrogen-bond acceptors (Lipinski definition) is 4. The van der Waals surface area contributed by atoms with Crippen molar-refractivity contribution in [3.05, 3.63) is 65.0 Å². The summed E-state index contributed by atoms with van der Waals surface area (Å²) >= 11 is 0. The molecule has 0 aliphatic carbocycles. The number of nitrogens with one attached hydrogen (secondary N) is 2. The predicted molar refractivity (Wildman–Crippen MR) is 114 cm³/mol. The molecule has 1 aliphatic heterocycles. The van der Waals surface area contributed by atoms with E-state index in [9.17, 15) is 4.79 Å². The van der Waals surface area contributed by atoms with Gasteiger partial charge in [0.05, 0.1) is 37.5 Å². The molecule has 2 atom stereocenters. The van der Waals surface area contributed by atoms with Crippen molar-refractivity contribution in [2.45, 2.75) is 32.9 Å². The molecule has 6 heteroatoms. The van der Waals surface area contributed by atoms with Crippen LogP contribution in [-0.2, 0) is 9.53 Å². The summed E-state index contributed by atoms with van der Waals surface area (Å²) in [7, 11) is 0. The molecule has 2 N–H and O–H groups in total. The second-order valence-electron chi connectivity index (χ2n) is 7.80. The van der Waals surface area contributed by atoms with E-state index in [2.05, 4.69) is 50.7 Å². The summed E-state index contributed by atoms with van der Waals surface area (Å²) in [5.74, 6) is 0.0244. The Kier molecular flexibility index (Phi) is 5.65. The molecular formula is C23H28N4O2. The van der Waals surface area contributed by atoms with Crippen molar-refractivity contribution in [3.8, 4) is 0 Å². The fourth-order valence-electron chi connectivity index (χ4n) is 4.18. The van der Waals surface area contributed by atoms with E-state index in [0.717, 1.165) is 29.1 Å². The van der Waals surface area contributed by atoms with Crippen LogP contribution >= 0.6 is 0 Å². The standard InChI is InChI=1S/C23H28N4O2/c1-15(19-9-8-18-6-4-5-7-20(18)12-19)24-22(28)13-27-10-11-29-14-21(27)23-16(2)25-26-17(23)3/h4-9,12,15,21H,10-11,13-14H2,1-3H3,(H,24,28)(H,25,26)/t15-,21-/m0/s1. The highest BCUT2D eigenvalue weighted by atomic mass is 16.5. The lowest BCUT2D eigenvalue weighted by atomic mass is 10.0. The zero-order valence-corrected chi connectivity index (χ0v) is 17.2. The van der Waals surface area contributed by atoms with Crippen LogP contribution in [0.15, 0.2) is 42.5 Å². The fourth-order valence-corrected chi connectivity index (χ4v) is 4.18. The lowest BCUT2D eigenvalue weighted by Crippen LogP contribution is -2.45. The van der Waals surface area contributed by atoms with Crippen molar-refractivity contribution < 1.29 is 9.53 Å². The maximum absolute atomic E-state index is 12.8. The van der Waals surface area contributed by atoms with Gasteiger partial charge < -0.3 is 10.1 Å². The zero-order chi connectivity index (χ0) is 20.4. The Morgan fingerprint density at radius 3 is 2.83 bits per heavy atom. The first kappa shape index (κ1) is 19.6. The number of nitrogens with zero attached hydrogens (tertiary/aromatic N) is 2. The van der Waals surface area contributed by atoms with E-state index >= 15 is 0 Å². The normalized spacial score (nSPS) is 18.7. The van der Waals surface area contributed by atoms with E-state index in [-0.39, 0.29) is 18.0 Å². The fraction of sp³-hybridized carbons (Fsp3) is 0.391. The van der Waals surface area contributed by atoms with E-state index in [1.165, 1.54) is 10.8 Å². The molecule has 0 unspecified atom stereocenters. The molecule has 0 bridgehead atoms. The van der Waals surface area contributed by atoms with Crippen molar-refractivity contribution >= 4 is 16.7 Å². The molecule has 2 heterocycles. The minimum absolute atomic E-state index is 0.0244. The Morgan fingerprint density at radius 2 is 2.07 bits per heavy atom. The second kappa shape index (κ2) is 8.35. The highest BCUT2D eigenvalue weighted by Gasteiger charge is 2.30. The van der Waals surface area contributed by atoms with Gasteiger partial charge in [0.15, 0.2) is 0 Å². The van der Waals surface area contributed by atoms with Gasteiger partial charge in [-0.3, -0.25) is 14.8 Å². The molecule has 0 saturated carbocycles. The second-order valence-corrected chi connectivity index (χ2v) is 7.80. The lowest BCUT2D eigenvalue weighted by molar-refractivity contribution is -0.125. The average Bonchev–Trinajstić information content (AvgIpc) is 3.06.